The lowest BCUT2D eigenvalue weighted by Gasteiger charge is -2.19. The van der Waals surface area contributed by atoms with Crippen LogP contribution in [0.25, 0.3) is 0 Å². The third-order valence-electron chi connectivity index (χ3n) is 1.83. The molecule has 0 heterocycles. The van der Waals surface area contributed by atoms with E-state index in [2.05, 4.69) is 4.74 Å². The minimum Gasteiger partial charge on any atom is -0.459 e. The van der Waals surface area contributed by atoms with Gasteiger partial charge in [0.1, 0.15) is 0 Å². The van der Waals surface area contributed by atoms with Crippen LogP contribution in [0.2, 0.25) is 0 Å². The van der Waals surface area contributed by atoms with Crippen molar-refractivity contribution in [3.05, 3.63) is 0 Å². The minimum absolute atomic E-state index is 0.216. The fourth-order valence-corrected chi connectivity index (χ4v) is 1.04. The molecule has 0 aromatic carbocycles. The van der Waals surface area contributed by atoms with Gasteiger partial charge in [0.2, 0.25) is 0 Å². The SMILES string of the molecule is CCOCCN(CC)C(=O)C(=O)OCC. The van der Waals surface area contributed by atoms with Gasteiger partial charge in [-0.25, -0.2) is 4.79 Å². The van der Waals surface area contributed by atoms with Crippen LogP contribution in [0.3, 0.4) is 0 Å². The van der Waals surface area contributed by atoms with Crippen molar-refractivity contribution in [3.63, 3.8) is 0 Å². The lowest BCUT2D eigenvalue weighted by Crippen LogP contribution is -2.39. The first-order valence-corrected chi connectivity index (χ1v) is 5.21. The zero-order chi connectivity index (χ0) is 11.7. The first-order valence-electron chi connectivity index (χ1n) is 5.21. The quantitative estimate of drug-likeness (QED) is 0.368. The molecule has 0 saturated heterocycles. The van der Waals surface area contributed by atoms with E-state index in [-0.39, 0.29) is 6.61 Å². The molecular formula is C10H19NO4. The second kappa shape index (κ2) is 8.23. The summed E-state index contributed by atoms with van der Waals surface area (Å²) in [5.74, 6) is -1.39. The summed E-state index contributed by atoms with van der Waals surface area (Å²) < 4.78 is 9.73. The number of hydrogen-bond donors (Lipinski definition) is 0. The van der Waals surface area contributed by atoms with Gasteiger partial charge in [0.05, 0.1) is 13.2 Å². The molecule has 0 atom stereocenters. The molecule has 5 nitrogen and oxygen atoms in total. The Morgan fingerprint density at radius 1 is 1.13 bits per heavy atom. The number of carbonyl (C=O) groups excluding carboxylic acids is 2. The molecule has 0 N–H and O–H groups in total. The molecule has 0 aliphatic heterocycles. The van der Waals surface area contributed by atoms with Crippen LogP contribution in [-0.4, -0.2) is 49.7 Å². The number of carbonyl (C=O) groups is 2. The largest absolute Gasteiger partial charge is 0.459 e. The number of rotatable bonds is 6. The van der Waals surface area contributed by atoms with Crippen LogP contribution >= 0.6 is 0 Å². The molecule has 0 aromatic rings. The Labute approximate surface area is 90.3 Å². The number of esters is 1. The van der Waals surface area contributed by atoms with E-state index in [1.165, 1.54) is 4.90 Å². The summed E-state index contributed by atoms with van der Waals surface area (Å²) in [6.45, 7) is 7.51. The molecule has 0 aliphatic carbocycles. The van der Waals surface area contributed by atoms with Crippen molar-refractivity contribution in [1.82, 2.24) is 4.90 Å². The summed E-state index contributed by atoms with van der Waals surface area (Å²) in [6.07, 6.45) is 0. The van der Waals surface area contributed by atoms with Crippen LogP contribution in [0, 0.1) is 0 Å². The second-order valence-electron chi connectivity index (χ2n) is 2.80. The molecule has 0 saturated carbocycles. The van der Waals surface area contributed by atoms with Gasteiger partial charge in [-0.3, -0.25) is 4.79 Å². The monoisotopic (exact) mass is 217 g/mol. The topological polar surface area (TPSA) is 55.8 Å². The summed E-state index contributed by atoms with van der Waals surface area (Å²) >= 11 is 0. The molecule has 0 unspecified atom stereocenters. The van der Waals surface area contributed by atoms with Crippen molar-refractivity contribution in [1.29, 1.82) is 0 Å². The van der Waals surface area contributed by atoms with Gasteiger partial charge in [-0.05, 0) is 20.8 Å². The Morgan fingerprint density at radius 2 is 1.80 bits per heavy atom. The third kappa shape index (κ3) is 5.37. The zero-order valence-electron chi connectivity index (χ0n) is 9.62. The minimum atomic E-state index is -0.796. The van der Waals surface area contributed by atoms with Gasteiger partial charge in [-0.15, -0.1) is 0 Å². The number of hydrogen-bond acceptors (Lipinski definition) is 4. The zero-order valence-corrected chi connectivity index (χ0v) is 9.62. The predicted octanol–water partition coefficient (Wildman–Crippen LogP) is 0.435. The molecule has 0 rings (SSSR count). The van der Waals surface area contributed by atoms with E-state index in [1.807, 2.05) is 13.8 Å². The highest BCUT2D eigenvalue weighted by Crippen LogP contribution is 1.93. The van der Waals surface area contributed by atoms with E-state index < -0.39 is 11.9 Å². The Hall–Kier alpha value is -1.10. The van der Waals surface area contributed by atoms with Crippen molar-refractivity contribution in [3.8, 4) is 0 Å². The molecule has 88 valence electrons. The molecular weight excluding hydrogens is 198 g/mol. The van der Waals surface area contributed by atoms with Gasteiger partial charge < -0.3 is 14.4 Å². The normalized spacial score (nSPS) is 9.80. The Balaban J connectivity index is 4.03. The maximum atomic E-state index is 11.5. The van der Waals surface area contributed by atoms with Crippen LogP contribution in [0.15, 0.2) is 0 Å². The van der Waals surface area contributed by atoms with Crippen molar-refractivity contribution >= 4 is 11.9 Å². The van der Waals surface area contributed by atoms with Crippen LogP contribution < -0.4 is 0 Å². The summed E-state index contributed by atoms with van der Waals surface area (Å²) in [7, 11) is 0. The number of nitrogens with zero attached hydrogens (tertiary/aromatic N) is 1. The molecule has 0 bridgehead atoms. The molecule has 0 spiro atoms. The fraction of sp³-hybridized carbons (Fsp3) is 0.800. The van der Waals surface area contributed by atoms with Gasteiger partial charge in [0, 0.05) is 19.7 Å². The van der Waals surface area contributed by atoms with E-state index in [9.17, 15) is 9.59 Å². The highest BCUT2D eigenvalue weighted by molar-refractivity contribution is 6.32. The summed E-state index contributed by atoms with van der Waals surface area (Å²) in [4.78, 5) is 24.0. The van der Waals surface area contributed by atoms with Crippen LogP contribution in [0.4, 0.5) is 0 Å². The highest BCUT2D eigenvalue weighted by atomic mass is 16.5. The van der Waals surface area contributed by atoms with Crippen molar-refractivity contribution in [2.75, 3.05) is 32.9 Å². The summed E-state index contributed by atoms with van der Waals surface area (Å²) in [6, 6.07) is 0. The Kier molecular flexibility index (Phi) is 7.62. The smallest absolute Gasteiger partial charge is 0.397 e. The van der Waals surface area contributed by atoms with E-state index in [1.54, 1.807) is 6.92 Å². The third-order valence-corrected chi connectivity index (χ3v) is 1.83. The van der Waals surface area contributed by atoms with Crippen molar-refractivity contribution in [2.45, 2.75) is 20.8 Å². The van der Waals surface area contributed by atoms with Crippen LogP contribution in [0.5, 0.6) is 0 Å². The lowest BCUT2D eigenvalue weighted by molar-refractivity contribution is -0.160. The lowest BCUT2D eigenvalue weighted by atomic mass is 10.4. The summed E-state index contributed by atoms with van der Waals surface area (Å²) in [5, 5.41) is 0. The maximum absolute atomic E-state index is 11.5. The molecule has 15 heavy (non-hydrogen) atoms. The Morgan fingerprint density at radius 3 is 2.27 bits per heavy atom. The first kappa shape index (κ1) is 13.9. The van der Waals surface area contributed by atoms with Crippen LogP contribution in [-0.2, 0) is 19.1 Å². The first-order chi connectivity index (χ1) is 7.17. The predicted molar refractivity (Wildman–Crippen MR) is 55.4 cm³/mol. The van der Waals surface area contributed by atoms with Crippen LogP contribution in [0.1, 0.15) is 20.8 Å². The molecule has 0 aromatic heterocycles. The van der Waals surface area contributed by atoms with Gasteiger partial charge in [-0.2, -0.15) is 0 Å². The van der Waals surface area contributed by atoms with Gasteiger partial charge in [0.15, 0.2) is 0 Å². The maximum Gasteiger partial charge on any atom is 0.397 e. The van der Waals surface area contributed by atoms with Gasteiger partial charge >= 0.3 is 11.9 Å². The molecule has 5 heteroatoms. The summed E-state index contributed by atoms with van der Waals surface area (Å²) in [5.41, 5.74) is 0. The molecule has 1 amide bonds. The van der Waals surface area contributed by atoms with Crippen molar-refractivity contribution in [2.24, 2.45) is 0 Å². The molecule has 0 fully saturated rings. The number of amides is 1. The highest BCUT2D eigenvalue weighted by Gasteiger charge is 2.21. The van der Waals surface area contributed by atoms with Gasteiger partial charge in [0.25, 0.3) is 0 Å². The molecule has 0 radical (unpaired) electrons. The fourth-order valence-electron chi connectivity index (χ4n) is 1.04. The number of likely N-dealkylation sites (N-methyl/N-ethyl adjacent to an activating group) is 1. The van der Waals surface area contributed by atoms with E-state index in [0.29, 0.717) is 26.3 Å². The average molecular weight is 217 g/mol. The van der Waals surface area contributed by atoms with Crippen molar-refractivity contribution < 1.29 is 19.1 Å². The number of ether oxygens (including phenoxy) is 2. The van der Waals surface area contributed by atoms with Gasteiger partial charge in [-0.1, -0.05) is 0 Å². The van der Waals surface area contributed by atoms with E-state index in [4.69, 9.17) is 4.74 Å². The van der Waals surface area contributed by atoms with E-state index in [0.717, 1.165) is 0 Å². The average Bonchev–Trinajstić information content (AvgIpc) is 2.24. The standard InChI is InChI=1S/C10H19NO4/c1-4-11(7-8-14-5-2)9(12)10(13)15-6-3/h4-8H2,1-3H3. The molecule has 0 aliphatic rings. The van der Waals surface area contributed by atoms with E-state index >= 15 is 0 Å². The Bertz CT molecular complexity index is 206. The second-order valence-corrected chi connectivity index (χ2v) is 2.80.